The summed E-state index contributed by atoms with van der Waals surface area (Å²) in [5.41, 5.74) is 0.876. The first kappa shape index (κ1) is 15.1. The Labute approximate surface area is 121 Å². The Morgan fingerprint density at radius 3 is 2.70 bits per heavy atom. The lowest BCUT2D eigenvalue weighted by Crippen LogP contribution is -2.37. The summed E-state index contributed by atoms with van der Waals surface area (Å²) in [4.78, 5) is 2.34. The Hall–Kier alpha value is -1.26. The standard InChI is InChI=1S/C16H25NO3/c1-12-5-4-8-17(10-12)11-14(18)13-6-7-15(19-2)16(9-13)20-3/h6-7,9,12,14,18H,4-5,8,10-11H2,1-3H3. The van der Waals surface area contributed by atoms with Gasteiger partial charge in [-0.25, -0.2) is 0 Å². The third kappa shape index (κ3) is 3.64. The molecule has 0 amide bonds. The van der Waals surface area contributed by atoms with E-state index in [1.165, 1.54) is 12.8 Å². The first-order valence-electron chi connectivity index (χ1n) is 7.26. The largest absolute Gasteiger partial charge is 0.493 e. The van der Waals surface area contributed by atoms with E-state index >= 15 is 0 Å². The molecule has 0 bridgehead atoms. The summed E-state index contributed by atoms with van der Waals surface area (Å²) < 4.78 is 10.5. The smallest absolute Gasteiger partial charge is 0.161 e. The molecule has 1 aromatic carbocycles. The van der Waals surface area contributed by atoms with Crippen molar-refractivity contribution in [3.05, 3.63) is 23.8 Å². The van der Waals surface area contributed by atoms with Crippen molar-refractivity contribution in [2.24, 2.45) is 5.92 Å². The van der Waals surface area contributed by atoms with E-state index < -0.39 is 6.10 Å². The first-order chi connectivity index (χ1) is 9.63. The molecule has 2 rings (SSSR count). The van der Waals surface area contributed by atoms with Crippen LogP contribution in [0, 0.1) is 5.92 Å². The summed E-state index contributed by atoms with van der Waals surface area (Å²) in [7, 11) is 3.23. The van der Waals surface area contributed by atoms with Crippen LogP contribution in [0.2, 0.25) is 0 Å². The maximum Gasteiger partial charge on any atom is 0.161 e. The maximum atomic E-state index is 10.4. The highest BCUT2D eigenvalue weighted by atomic mass is 16.5. The Morgan fingerprint density at radius 1 is 1.30 bits per heavy atom. The van der Waals surface area contributed by atoms with Crippen molar-refractivity contribution >= 4 is 0 Å². The predicted molar refractivity (Wildman–Crippen MR) is 79.3 cm³/mol. The molecule has 1 aliphatic heterocycles. The van der Waals surface area contributed by atoms with E-state index in [4.69, 9.17) is 9.47 Å². The molecular weight excluding hydrogens is 254 g/mol. The zero-order valence-corrected chi connectivity index (χ0v) is 12.6. The summed E-state index contributed by atoms with van der Waals surface area (Å²) >= 11 is 0. The summed E-state index contributed by atoms with van der Waals surface area (Å²) in [6, 6.07) is 5.60. The van der Waals surface area contributed by atoms with E-state index in [0.717, 1.165) is 24.6 Å². The zero-order chi connectivity index (χ0) is 14.5. The molecule has 0 aromatic heterocycles. The van der Waals surface area contributed by atoms with Crippen LogP contribution in [-0.4, -0.2) is 43.9 Å². The van der Waals surface area contributed by atoms with Crippen molar-refractivity contribution in [1.29, 1.82) is 0 Å². The van der Waals surface area contributed by atoms with E-state index in [0.29, 0.717) is 18.0 Å². The fraction of sp³-hybridized carbons (Fsp3) is 0.625. The van der Waals surface area contributed by atoms with Gasteiger partial charge in [0.2, 0.25) is 0 Å². The van der Waals surface area contributed by atoms with Gasteiger partial charge in [0, 0.05) is 13.1 Å². The van der Waals surface area contributed by atoms with Gasteiger partial charge in [0.1, 0.15) is 0 Å². The number of rotatable bonds is 5. The number of benzene rings is 1. The van der Waals surface area contributed by atoms with Gasteiger partial charge in [0.05, 0.1) is 20.3 Å². The van der Waals surface area contributed by atoms with Gasteiger partial charge in [-0.3, -0.25) is 0 Å². The Kier molecular flexibility index (Phi) is 5.26. The van der Waals surface area contributed by atoms with E-state index in [1.807, 2.05) is 18.2 Å². The highest BCUT2D eigenvalue weighted by Crippen LogP contribution is 2.30. The average Bonchev–Trinajstić information content (AvgIpc) is 2.46. The third-order valence-corrected chi connectivity index (χ3v) is 3.96. The van der Waals surface area contributed by atoms with E-state index in [1.54, 1.807) is 14.2 Å². The van der Waals surface area contributed by atoms with Crippen LogP contribution in [0.25, 0.3) is 0 Å². The molecule has 4 heteroatoms. The molecule has 0 saturated carbocycles. The molecule has 1 aromatic rings. The minimum absolute atomic E-state index is 0.486. The van der Waals surface area contributed by atoms with E-state index in [2.05, 4.69) is 11.8 Å². The first-order valence-corrected chi connectivity index (χ1v) is 7.26. The van der Waals surface area contributed by atoms with E-state index in [-0.39, 0.29) is 0 Å². The maximum absolute atomic E-state index is 10.4. The SMILES string of the molecule is COc1ccc(C(O)CN2CCCC(C)C2)cc1OC. The van der Waals surface area contributed by atoms with Crippen LogP contribution in [0.1, 0.15) is 31.4 Å². The summed E-state index contributed by atoms with van der Waals surface area (Å²) in [6.07, 6.45) is 2.03. The number of likely N-dealkylation sites (tertiary alicyclic amines) is 1. The lowest BCUT2D eigenvalue weighted by molar-refractivity contribution is 0.0874. The number of methoxy groups -OCH3 is 2. The highest BCUT2D eigenvalue weighted by Gasteiger charge is 2.20. The summed E-state index contributed by atoms with van der Waals surface area (Å²) in [5.74, 6) is 2.08. The van der Waals surface area contributed by atoms with Crippen LogP contribution in [0.4, 0.5) is 0 Å². The van der Waals surface area contributed by atoms with Crippen molar-refractivity contribution in [3.8, 4) is 11.5 Å². The molecule has 1 N–H and O–H groups in total. The van der Waals surface area contributed by atoms with Crippen molar-refractivity contribution < 1.29 is 14.6 Å². The molecular formula is C16H25NO3. The minimum atomic E-state index is -0.486. The Bertz CT molecular complexity index is 436. The Morgan fingerprint density at radius 2 is 2.05 bits per heavy atom. The van der Waals surface area contributed by atoms with Gasteiger partial charge in [-0.05, 0) is 43.0 Å². The monoisotopic (exact) mass is 279 g/mol. The average molecular weight is 279 g/mol. The normalized spacial score (nSPS) is 21.5. The number of ether oxygens (including phenoxy) is 2. The molecule has 0 radical (unpaired) electrons. The van der Waals surface area contributed by atoms with Crippen LogP contribution in [0.3, 0.4) is 0 Å². The lowest BCUT2D eigenvalue weighted by Gasteiger charge is -2.32. The number of nitrogens with zero attached hydrogens (tertiary/aromatic N) is 1. The molecule has 1 aliphatic rings. The predicted octanol–water partition coefficient (Wildman–Crippen LogP) is 2.47. The lowest BCUT2D eigenvalue weighted by atomic mass is 9.99. The molecule has 112 valence electrons. The highest BCUT2D eigenvalue weighted by molar-refractivity contribution is 5.43. The number of aliphatic hydroxyl groups is 1. The molecule has 2 atom stereocenters. The second-order valence-corrected chi connectivity index (χ2v) is 5.64. The molecule has 1 saturated heterocycles. The van der Waals surface area contributed by atoms with Crippen LogP contribution >= 0.6 is 0 Å². The van der Waals surface area contributed by atoms with Crippen molar-refractivity contribution in [3.63, 3.8) is 0 Å². The number of hydrogen-bond donors (Lipinski definition) is 1. The van der Waals surface area contributed by atoms with Crippen LogP contribution in [0.15, 0.2) is 18.2 Å². The molecule has 0 aliphatic carbocycles. The third-order valence-electron chi connectivity index (χ3n) is 3.96. The van der Waals surface area contributed by atoms with Gasteiger partial charge in [-0.2, -0.15) is 0 Å². The van der Waals surface area contributed by atoms with Crippen LogP contribution in [-0.2, 0) is 0 Å². The van der Waals surface area contributed by atoms with Crippen molar-refractivity contribution in [1.82, 2.24) is 4.90 Å². The quantitative estimate of drug-likeness (QED) is 0.899. The van der Waals surface area contributed by atoms with Crippen LogP contribution in [0.5, 0.6) is 11.5 Å². The van der Waals surface area contributed by atoms with Gasteiger partial charge < -0.3 is 19.5 Å². The Balaban J connectivity index is 2.03. The number of β-amino-alcohol motifs (C(OH)–C–C–N with tert-alkyl or cyclic N) is 1. The number of piperidine rings is 1. The zero-order valence-electron chi connectivity index (χ0n) is 12.6. The van der Waals surface area contributed by atoms with Gasteiger partial charge in [0.25, 0.3) is 0 Å². The summed E-state index contributed by atoms with van der Waals surface area (Å²) in [6.45, 7) is 5.10. The molecule has 20 heavy (non-hydrogen) atoms. The topological polar surface area (TPSA) is 41.9 Å². The van der Waals surface area contributed by atoms with Gasteiger partial charge >= 0.3 is 0 Å². The molecule has 0 spiro atoms. The van der Waals surface area contributed by atoms with Crippen LogP contribution < -0.4 is 9.47 Å². The van der Waals surface area contributed by atoms with Crippen molar-refractivity contribution in [2.75, 3.05) is 33.9 Å². The molecule has 2 unspecified atom stereocenters. The molecule has 1 heterocycles. The van der Waals surface area contributed by atoms with E-state index in [9.17, 15) is 5.11 Å². The number of hydrogen-bond acceptors (Lipinski definition) is 4. The molecule has 1 fully saturated rings. The fourth-order valence-electron chi connectivity index (χ4n) is 2.86. The number of aliphatic hydroxyl groups excluding tert-OH is 1. The fourth-order valence-corrected chi connectivity index (χ4v) is 2.86. The van der Waals surface area contributed by atoms with Crippen molar-refractivity contribution in [2.45, 2.75) is 25.9 Å². The van der Waals surface area contributed by atoms with Gasteiger partial charge in [0.15, 0.2) is 11.5 Å². The van der Waals surface area contributed by atoms with Gasteiger partial charge in [-0.15, -0.1) is 0 Å². The summed E-state index contributed by atoms with van der Waals surface area (Å²) in [5, 5.41) is 10.4. The molecule has 4 nitrogen and oxygen atoms in total. The van der Waals surface area contributed by atoms with Gasteiger partial charge in [-0.1, -0.05) is 13.0 Å². The second kappa shape index (κ2) is 6.95. The second-order valence-electron chi connectivity index (χ2n) is 5.64. The minimum Gasteiger partial charge on any atom is -0.493 e.